The van der Waals surface area contributed by atoms with Crippen molar-refractivity contribution in [1.82, 2.24) is 5.32 Å². The Morgan fingerprint density at radius 1 is 0.694 bits per heavy atom. The van der Waals surface area contributed by atoms with Crippen LogP contribution < -0.4 is 11.1 Å². The van der Waals surface area contributed by atoms with Crippen LogP contribution in [0.3, 0.4) is 0 Å². The summed E-state index contributed by atoms with van der Waals surface area (Å²) in [4.78, 5) is 22.7. The van der Waals surface area contributed by atoms with Crippen LogP contribution in [-0.2, 0) is 18.4 Å². The molecule has 4 unspecified atom stereocenters. The lowest BCUT2D eigenvalue weighted by atomic mass is 10.0. The normalized spacial score (nSPS) is 15.1. The van der Waals surface area contributed by atoms with Gasteiger partial charge in [-0.25, -0.2) is 4.57 Å². The van der Waals surface area contributed by atoms with Crippen LogP contribution in [0.2, 0.25) is 0 Å². The first-order valence-electron chi connectivity index (χ1n) is 20.0. The molecule has 0 bridgehead atoms. The van der Waals surface area contributed by atoms with E-state index in [-0.39, 0.29) is 19.6 Å². The number of phosphoric ester groups is 1. The van der Waals surface area contributed by atoms with Crippen LogP contribution in [0.4, 0.5) is 0 Å². The van der Waals surface area contributed by atoms with Gasteiger partial charge in [0.25, 0.3) is 0 Å². The number of amides is 1. The van der Waals surface area contributed by atoms with Crippen LogP contribution in [0, 0.1) is 0 Å². The van der Waals surface area contributed by atoms with Gasteiger partial charge in [0.15, 0.2) is 0 Å². The summed E-state index contributed by atoms with van der Waals surface area (Å²) in [6, 6.07) is -0.994. The van der Waals surface area contributed by atoms with Gasteiger partial charge in [-0.05, 0) is 32.1 Å². The fourth-order valence-electron chi connectivity index (χ4n) is 5.78. The van der Waals surface area contributed by atoms with E-state index in [1.165, 1.54) is 116 Å². The van der Waals surface area contributed by atoms with E-state index in [2.05, 4.69) is 31.3 Å². The fraction of sp³-hybridized carbons (Fsp3) is 0.872. The van der Waals surface area contributed by atoms with Gasteiger partial charge in [0.2, 0.25) is 5.91 Å². The smallest absolute Gasteiger partial charge is 0.393 e. The van der Waals surface area contributed by atoms with Crippen molar-refractivity contribution in [2.75, 3.05) is 19.8 Å². The number of nitrogens with one attached hydrogen (secondary N) is 1. The van der Waals surface area contributed by atoms with E-state index >= 15 is 0 Å². The third-order valence-corrected chi connectivity index (χ3v) is 9.82. The number of allylic oxidation sites excluding steroid dienone is 3. The molecule has 290 valence electrons. The van der Waals surface area contributed by atoms with Gasteiger partial charge >= 0.3 is 7.82 Å². The van der Waals surface area contributed by atoms with Crippen molar-refractivity contribution in [3.63, 3.8) is 0 Å². The molecule has 0 aromatic rings. The standard InChI is InChI=1S/C39H77N2O7P/c1-3-5-7-9-11-13-15-17-19-21-23-25-27-29-31-38(43)37(35-48-49(45,46)47-33-32-40)41-39(44)34-36(42)30-28-26-24-22-20-18-16-14-12-10-8-6-4-2/h21,23,29,31,36-38,42-43H,3-20,22,24-28,30,32-35,40H2,1-2H3,(H,41,44)(H,45,46)/b23-21+,31-29+. The second-order valence-corrected chi connectivity index (χ2v) is 15.1. The molecule has 0 spiro atoms. The highest BCUT2D eigenvalue weighted by Crippen LogP contribution is 2.43. The average molecular weight is 717 g/mol. The minimum Gasteiger partial charge on any atom is -0.393 e. The molecule has 0 aromatic carbocycles. The zero-order valence-corrected chi connectivity index (χ0v) is 32.4. The second kappa shape index (κ2) is 35.3. The van der Waals surface area contributed by atoms with E-state index in [4.69, 9.17) is 14.8 Å². The Kier molecular flexibility index (Phi) is 34.6. The minimum atomic E-state index is -4.40. The summed E-state index contributed by atoms with van der Waals surface area (Å²) in [5, 5.41) is 23.9. The number of aliphatic hydroxyl groups excluding tert-OH is 2. The molecule has 0 saturated heterocycles. The van der Waals surface area contributed by atoms with E-state index in [1.54, 1.807) is 6.08 Å². The van der Waals surface area contributed by atoms with E-state index < -0.39 is 38.6 Å². The maximum Gasteiger partial charge on any atom is 0.472 e. The lowest BCUT2D eigenvalue weighted by Crippen LogP contribution is -2.46. The molecule has 0 heterocycles. The molecule has 6 N–H and O–H groups in total. The number of carbonyl (C=O) groups is 1. The molecule has 0 aliphatic heterocycles. The maximum atomic E-state index is 12.7. The molecular weight excluding hydrogens is 639 g/mol. The van der Waals surface area contributed by atoms with Gasteiger partial charge in [-0.15, -0.1) is 0 Å². The van der Waals surface area contributed by atoms with Crippen LogP contribution in [0.15, 0.2) is 24.3 Å². The van der Waals surface area contributed by atoms with Crippen LogP contribution in [0.25, 0.3) is 0 Å². The summed E-state index contributed by atoms with van der Waals surface area (Å²) >= 11 is 0. The Hall–Kier alpha value is -1.06. The van der Waals surface area contributed by atoms with Crippen molar-refractivity contribution in [3.05, 3.63) is 24.3 Å². The van der Waals surface area contributed by atoms with Gasteiger partial charge in [-0.2, -0.15) is 0 Å². The molecule has 10 heteroatoms. The SMILES string of the molecule is CCCCCCCCCC/C=C/CC/C=C/C(O)C(COP(=O)(O)OCCN)NC(=O)CC(O)CCCCCCCCCCCCCCC. The Balaban J connectivity index is 4.44. The van der Waals surface area contributed by atoms with Gasteiger partial charge in [0.1, 0.15) is 0 Å². The summed E-state index contributed by atoms with van der Waals surface area (Å²) < 4.78 is 22.0. The van der Waals surface area contributed by atoms with Crippen LogP contribution in [0.5, 0.6) is 0 Å². The molecule has 1 amide bonds. The Labute approximate surface area is 300 Å². The third kappa shape index (κ3) is 33.8. The van der Waals surface area contributed by atoms with Crippen LogP contribution in [-0.4, -0.2) is 59.0 Å². The summed E-state index contributed by atoms with van der Waals surface area (Å²) in [6.45, 7) is 3.93. The number of aliphatic hydroxyl groups is 2. The summed E-state index contributed by atoms with van der Waals surface area (Å²) in [7, 11) is -4.40. The number of nitrogens with two attached hydrogens (primary N) is 1. The van der Waals surface area contributed by atoms with Crippen molar-refractivity contribution in [3.8, 4) is 0 Å². The number of unbranched alkanes of at least 4 members (excludes halogenated alkanes) is 21. The predicted molar refractivity (Wildman–Crippen MR) is 204 cm³/mol. The number of hydrogen-bond donors (Lipinski definition) is 5. The van der Waals surface area contributed by atoms with Crippen molar-refractivity contribution >= 4 is 13.7 Å². The average Bonchev–Trinajstić information content (AvgIpc) is 3.07. The Bertz CT molecular complexity index is 842. The number of rotatable bonds is 37. The molecule has 0 aliphatic carbocycles. The largest absolute Gasteiger partial charge is 0.472 e. The lowest BCUT2D eigenvalue weighted by Gasteiger charge is -2.24. The van der Waals surface area contributed by atoms with Crippen molar-refractivity contribution < 1.29 is 33.5 Å². The molecule has 9 nitrogen and oxygen atoms in total. The number of phosphoric acid groups is 1. The molecular formula is C39H77N2O7P. The minimum absolute atomic E-state index is 0.0458. The maximum absolute atomic E-state index is 12.7. The first kappa shape index (κ1) is 47.9. The highest BCUT2D eigenvalue weighted by Gasteiger charge is 2.27. The molecule has 0 rings (SSSR count). The topological polar surface area (TPSA) is 151 Å². The summed E-state index contributed by atoms with van der Waals surface area (Å²) in [6.07, 6.45) is 35.5. The van der Waals surface area contributed by atoms with E-state index in [0.29, 0.717) is 12.8 Å². The molecule has 0 radical (unpaired) electrons. The van der Waals surface area contributed by atoms with Gasteiger partial charge in [0, 0.05) is 6.54 Å². The quantitative estimate of drug-likeness (QED) is 0.0242. The molecule has 0 fully saturated rings. The van der Waals surface area contributed by atoms with Gasteiger partial charge in [0.05, 0.1) is 37.9 Å². The molecule has 4 atom stereocenters. The van der Waals surface area contributed by atoms with Crippen LogP contribution >= 0.6 is 7.82 Å². The van der Waals surface area contributed by atoms with Crippen molar-refractivity contribution in [2.24, 2.45) is 5.73 Å². The van der Waals surface area contributed by atoms with Gasteiger partial charge < -0.3 is 26.2 Å². The first-order valence-corrected chi connectivity index (χ1v) is 21.5. The van der Waals surface area contributed by atoms with E-state index in [0.717, 1.165) is 32.1 Å². The summed E-state index contributed by atoms with van der Waals surface area (Å²) in [5.74, 6) is -0.456. The highest BCUT2D eigenvalue weighted by molar-refractivity contribution is 7.47. The number of carbonyl (C=O) groups excluding carboxylic acids is 1. The van der Waals surface area contributed by atoms with E-state index in [1.807, 2.05) is 6.08 Å². The molecule has 0 aromatic heterocycles. The zero-order chi connectivity index (χ0) is 36.3. The number of hydrogen-bond acceptors (Lipinski definition) is 7. The Morgan fingerprint density at radius 3 is 1.69 bits per heavy atom. The van der Waals surface area contributed by atoms with Gasteiger partial charge in [-0.3, -0.25) is 13.8 Å². The lowest BCUT2D eigenvalue weighted by molar-refractivity contribution is -0.124. The van der Waals surface area contributed by atoms with Crippen molar-refractivity contribution in [1.29, 1.82) is 0 Å². The predicted octanol–water partition coefficient (Wildman–Crippen LogP) is 9.58. The molecule has 49 heavy (non-hydrogen) atoms. The van der Waals surface area contributed by atoms with E-state index in [9.17, 15) is 24.5 Å². The molecule has 0 saturated carbocycles. The highest BCUT2D eigenvalue weighted by atomic mass is 31.2. The fourth-order valence-corrected chi connectivity index (χ4v) is 6.54. The van der Waals surface area contributed by atoms with Crippen LogP contribution in [0.1, 0.15) is 181 Å². The first-order chi connectivity index (χ1) is 23.8. The monoisotopic (exact) mass is 717 g/mol. The Morgan fingerprint density at radius 2 is 1.16 bits per heavy atom. The zero-order valence-electron chi connectivity index (χ0n) is 31.5. The second-order valence-electron chi connectivity index (χ2n) is 13.7. The third-order valence-electron chi connectivity index (χ3n) is 8.83. The van der Waals surface area contributed by atoms with Gasteiger partial charge in [-0.1, -0.05) is 167 Å². The molecule has 0 aliphatic rings. The summed E-state index contributed by atoms with van der Waals surface area (Å²) in [5.41, 5.74) is 5.35. The van der Waals surface area contributed by atoms with Crippen molar-refractivity contribution in [2.45, 2.75) is 199 Å².